The molecule has 0 atom stereocenters. The standard InChI is InChI=1S/C13H22N2O/c1-6-14-9-10-7-11(13(2,3)4)15-12(8-10)16-5/h7-8,14H,6,9H2,1-5H3. The summed E-state index contributed by atoms with van der Waals surface area (Å²) in [6.07, 6.45) is 0. The molecule has 3 heteroatoms. The van der Waals surface area contributed by atoms with Gasteiger partial charge in [0, 0.05) is 18.0 Å². The van der Waals surface area contributed by atoms with Gasteiger partial charge in [0.2, 0.25) is 5.88 Å². The fourth-order valence-corrected chi connectivity index (χ4v) is 1.42. The lowest BCUT2D eigenvalue weighted by Crippen LogP contribution is -2.17. The van der Waals surface area contributed by atoms with Crippen molar-refractivity contribution >= 4 is 0 Å². The van der Waals surface area contributed by atoms with E-state index in [1.807, 2.05) is 6.07 Å². The fraction of sp³-hybridized carbons (Fsp3) is 0.615. The van der Waals surface area contributed by atoms with Crippen LogP contribution in [-0.2, 0) is 12.0 Å². The van der Waals surface area contributed by atoms with Gasteiger partial charge in [-0.25, -0.2) is 4.98 Å². The van der Waals surface area contributed by atoms with Crippen molar-refractivity contribution in [1.29, 1.82) is 0 Å². The minimum atomic E-state index is 0.0511. The van der Waals surface area contributed by atoms with Crippen molar-refractivity contribution in [2.24, 2.45) is 0 Å². The topological polar surface area (TPSA) is 34.1 Å². The Balaban J connectivity index is 3.01. The van der Waals surface area contributed by atoms with Crippen LogP contribution in [0, 0.1) is 0 Å². The second-order valence-corrected chi connectivity index (χ2v) is 4.93. The molecule has 1 rings (SSSR count). The van der Waals surface area contributed by atoms with Crippen LogP contribution in [0.2, 0.25) is 0 Å². The van der Waals surface area contributed by atoms with Gasteiger partial charge in [-0.1, -0.05) is 27.7 Å². The average molecular weight is 222 g/mol. The number of methoxy groups -OCH3 is 1. The number of nitrogens with one attached hydrogen (secondary N) is 1. The second-order valence-electron chi connectivity index (χ2n) is 4.93. The van der Waals surface area contributed by atoms with E-state index in [1.165, 1.54) is 5.56 Å². The maximum atomic E-state index is 5.23. The van der Waals surface area contributed by atoms with Crippen LogP contribution in [0.3, 0.4) is 0 Å². The van der Waals surface area contributed by atoms with Gasteiger partial charge in [0.1, 0.15) is 0 Å². The molecule has 0 aliphatic carbocycles. The highest BCUT2D eigenvalue weighted by Gasteiger charge is 2.17. The number of rotatable bonds is 4. The van der Waals surface area contributed by atoms with E-state index in [0.717, 1.165) is 18.8 Å². The van der Waals surface area contributed by atoms with Crippen molar-refractivity contribution in [1.82, 2.24) is 10.3 Å². The Morgan fingerprint density at radius 1 is 1.31 bits per heavy atom. The maximum absolute atomic E-state index is 5.23. The van der Waals surface area contributed by atoms with E-state index in [2.05, 4.69) is 44.1 Å². The minimum absolute atomic E-state index is 0.0511. The van der Waals surface area contributed by atoms with Crippen molar-refractivity contribution in [3.05, 3.63) is 23.4 Å². The number of pyridine rings is 1. The van der Waals surface area contributed by atoms with Crippen LogP contribution in [0.4, 0.5) is 0 Å². The third-order valence-corrected chi connectivity index (χ3v) is 2.42. The van der Waals surface area contributed by atoms with E-state index < -0.39 is 0 Å². The highest BCUT2D eigenvalue weighted by atomic mass is 16.5. The molecule has 1 N–H and O–H groups in total. The summed E-state index contributed by atoms with van der Waals surface area (Å²) in [5, 5.41) is 3.31. The number of hydrogen-bond donors (Lipinski definition) is 1. The van der Waals surface area contributed by atoms with E-state index in [0.29, 0.717) is 5.88 Å². The van der Waals surface area contributed by atoms with Crippen LogP contribution in [0.1, 0.15) is 39.0 Å². The Hall–Kier alpha value is -1.09. The molecule has 0 aromatic carbocycles. The van der Waals surface area contributed by atoms with Crippen LogP contribution >= 0.6 is 0 Å². The first kappa shape index (κ1) is 13.0. The first-order chi connectivity index (χ1) is 7.47. The fourth-order valence-electron chi connectivity index (χ4n) is 1.42. The summed E-state index contributed by atoms with van der Waals surface area (Å²) in [6, 6.07) is 4.13. The molecule has 0 unspecified atom stereocenters. The highest BCUT2D eigenvalue weighted by molar-refractivity contribution is 5.28. The maximum Gasteiger partial charge on any atom is 0.213 e. The largest absolute Gasteiger partial charge is 0.481 e. The SMILES string of the molecule is CCNCc1cc(OC)nc(C(C)(C)C)c1. The first-order valence-corrected chi connectivity index (χ1v) is 5.73. The third-order valence-electron chi connectivity index (χ3n) is 2.42. The van der Waals surface area contributed by atoms with Gasteiger partial charge in [0.25, 0.3) is 0 Å². The van der Waals surface area contributed by atoms with Crippen molar-refractivity contribution in [3.8, 4) is 5.88 Å². The van der Waals surface area contributed by atoms with Gasteiger partial charge in [-0.15, -0.1) is 0 Å². The third kappa shape index (κ3) is 3.49. The lowest BCUT2D eigenvalue weighted by atomic mass is 9.91. The second kappa shape index (κ2) is 5.30. The van der Waals surface area contributed by atoms with E-state index in [-0.39, 0.29) is 5.41 Å². The first-order valence-electron chi connectivity index (χ1n) is 5.73. The van der Waals surface area contributed by atoms with Gasteiger partial charge < -0.3 is 10.1 Å². The van der Waals surface area contributed by atoms with Crippen molar-refractivity contribution < 1.29 is 4.74 Å². The summed E-state index contributed by atoms with van der Waals surface area (Å²) in [5.74, 6) is 0.695. The molecule has 0 radical (unpaired) electrons. The summed E-state index contributed by atoms with van der Waals surface area (Å²) >= 11 is 0. The van der Waals surface area contributed by atoms with Crippen LogP contribution in [-0.4, -0.2) is 18.6 Å². The van der Waals surface area contributed by atoms with E-state index in [4.69, 9.17) is 4.74 Å². The summed E-state index contributed by atoms with van der Waals surface area (Å²) in [5.41, 5.74) is 2.34. The average Bonchev–Trinajstić information content (AvgIpc) is 2.24. The molecule has 0 saturated heterocycles. The Kier molecular flexibility index (Phi) is 4.30. The molecule has 16 heavy (non-hydrogen) atoms. The molecule has 3 nitrogen and oxygen atoms in total. The molecular weight excluding hydrogens is 200 g/mol. The lowest BCUT2D eigenvalue weighted by molar-refractivity contribution is 0.391. The summed E-state index contributed by atoms with van der Waals surface area (Å²) in [6.45, 7) is 10.4. The predicted octanol–water partition coefficient (Wildman–Crippen LogP) is 2.50. The van der Waals surface area contributed by atoms with Gasteiger partial charge >= 0.3 is 0 Å². The Labute approximate surface area is 98.2 Å². The lowest BCUT2D eigenvalue weighted by Gasteiger charge is -2.19. The van der Waals surface area contributed by atoms with Gasteiger partial charge in [0.15, 0.2) is 0 Å². The zero-order valence-electron chi connectivity index (χ0n) is 10.9. The molecule has 0 bridgehead atoms. The predicted molar refractivity (Wildman–Crippen MR) is 66.9 cm³/mol. The smallest absolute Gasteiger partial charge is 0.213 e. The van der Waals surface area contributed by atoms with E-state index >= 15 is 0 Å². The van der Waals surface area contributed by atoms with Crippen LogP contribution in [0.5, 0.6) is 5.88 Å². The molecule has 0 amide bonds. The molecule has 1 aromatic rings. The molecule has 0 aliphatic heterocycles. The van der Waals surface area contributed by atoms with Crippen LogP contribution < -0.4 is 10.1 Å². The van der Waals surface area contributed by atoms with Crippen molar-refractivity contribution in [2.75, 3.05) is 13.7 Å². The molecule has 90 valence electrons. The zero-order valence-corrected chi connectivity index (χ0v) is 10.9. The summed E-state index contributed by atoms with van der Waals surface area (Å²) in [4.78, 5) is 4.48. The zero-order chi connectivity index (χ0) is 12.2. The summed E-state index contributed by atoms with van der Waals surface area (Å²) < 4.78 is 5.23. The molecule has 1 aromatic heterocycles. The van der Waals surface area contributed by atoms with Gasteiger partial charge in [-0.3, -0.25) is 0 Å². The minimum Gasteiger partial charge on any atom is -0.481 e. The molecular formula is C13H22N2O. The molecule has 0 aliphatic rings. The summed E-state index contributed by atoms with van der Waals surface area (Å²) in [7, 11) is 1.66. The monoisotopic (exact) mass is 222 g/mol. The Morgan fingerprint density at radius 2 is 2.00 bits per heavy atom. The van der Waals surface area contributed by atoms with Crippen LogP contribution in [0.15, 0.2) is 12.1 Å². The number of aromatic nitrogens is 1. The number of hydrogen-bond acceptors (Lipinski definition) is 3. The Morgan fingerprint density at radius 3 is 2.50 bits per heavy atom. The molecule has 1 heterocycles. The van der Waals surface area contributed by atoms with E-state index in [9.17, 15) is 0 Å². The quantitative estimate of drug-likeness (QED) is 0.850. The van der Waals surface area contributed by atoms with Crippen molar-refractivity contribution in [2.45, 2.75) is 39.7 Å². The van der Waals surface area contributed by atoms with Crippen LogP contribution in [0.25, 0.3) is 0 Å². The van der Waals surface area contributed by atoms with Crippen molar-refractivity contribution in [3.63, 3.8) is 0 Å². The molecule has 0 saturated carbocycles. The highest BCUT2D eigenvalue weighted by Crippen LogP contribution is 2.24. The molecule has 0 fully saturated rings. The number of ether oxygens (including phenoxy) is 1. The van der Waals surface area contributed by atoms with Gasteiger partial charge in [-0.2, -0.15) is 0 Å². The molecule has 0 spiro atoms. The van der Waals surface area contributed by atoms with Gasteiger partial charge in [0.05, 0.1) is 12.8 Å². The Bertz CT molecular complexity index is 342. The van der Waals surface area contributed by atoms with Gasteiger partial charge in [-0.05, 0) is 18.2 Å². The normalized spacial score (nSPS) is 11.6. The number of nitrogens with zero attached hydrogens (tertiary/aromatic N) is 1. The van der Waals surface area contributed by atoms with E-state index in [1.54, 1.807) is 7.11 Å².